The highest BCUT2D eigenvalue weighted by Crippen LogP contribution is 2.11. The molecule has 0 aliphatic carbocycles. The Bertz CT molecular complexity index is 466. The summed E-state index contributed by atoms with van der Waals surface area (Å²) >= 11 is 0. The van der Waals surface area contributed by atoms with Gasteiger partial charge in [0.1, 0.15) is 0 Å². The molecule has 0 unspecified atom stereocenters. The third-order valence-electron chi connectivity index (χ3n) is 1.77. The van der Waals surface area contributed by atoms with Gasteiger partial charge in [0, 0.05) is 6.07 Å². The van der Waals surface area contributed by atoms with E-state index >= 15 is 0 Å². The quantitative estimate of drug-likeness (QED) is 0.554. The second-order valence-electron chi connectivity index (χ2n) is 2.84. The van der Waals surface area contributed by atoms with E-state index in [-0.39, 0.29) is 5.82 Å². The molecule has 2 N–H and O–H groups in total. The van der Waals surface area contributed by atoms with Gasteiger partial charge in [0.2, 0.25) is 0 Å². The van der Waals surface area contributed by atoms with Crippen LogP contribution in [0, 0.1) is 10.1 Å². The Morgan fingerprint density at radius 1 is 1.50 bits per heavy atom. The van der Waals surface area contributed by atoms with Crippen LogP contribution in [-0.2, 0) is 6.54 Å². The van der Waals surface area contributed by atoms with E-state index in [0.29, 0.717) is 18.1 Å². The van der Waals surface area contributed by atoms with E-state index in [1.165, 1.54) is 12.3 Å². The largest absolute Gasteiger partial charge is 0.375 e. The van der Waals surface area contributed by atoms with Crippen LogP contribution in [0.1, 0.15) is 5.82 Å². The summed E-state index contributed by atoms with van der Waals surface area (Å²) in [5.41, 5.74) is 0.649. The summed E-state index contributed by atoms with van der Waals surface area (Å²) in [6, 6.07) is 2.88. The minimum atomic E-state index is -0.553. The maximum atomic E-state index is 10.3. The number of rotatable bonds is 4. The molecule has 0 aromatic carbocycles. The van der Waals surface area contributed by atoms with Crippen molar-refractivity contribution in [1.29, 1.82) is 0 Å². The first-order valence-electron chi connectivity index (χ1n) is 4.32. The molecule has 0 bridgehead atoms. The fourth-order valence-corrected chi connectivity index (χ4v) is 1.04. The smallest absolute Gasteiger partial charge is 0.363 e. The lowest BCUT2D eigenvalue weighted by molar-refractivity contribution is -0.389. The van der Waals surface area contributed by atoms with E-state index in [2.05, 4.69) is 30.9 Å². The molecule has 2 aromatic rings. The second-order valence-corrected chi connectivity index (χ2v) is 2.84. The third kappa shape index (κ3) is 2.26. The van der Waals surface area contributed by atoms with Crippen molar-refractivity contribution in [3.05, 3.63) is 34.3 Å². The van der Waals surface area contributed by atoms with Gasteiger partial charge in [-0.3, -0.25) is 0 Å². The van der Waals surface area contributed by atoms with E-state index in [1.807, 2.05) is 0 Å². The molecule has 0 radical (unpaired) electrons. The fourth-order valence-electron chi connectivity index (χ4n) is 1.04. The Kier molecular flexibility index (Phi) is 2.67. The summed E-state index contributed by atoms with van der Waals surface area (Å²) < 4.78 is 0. The average Bonchev–Trinajstić information content (AvgIpc) is 2.80. The van der Waals surface area contributed by atoms with Crippen LogP contribution in [0.25, 0.3) is 0 Å². The Balaban J connectivity index is 1.98. The highest BCUT2D eigenvalue weighted by molar-refractivity contribution is 5.43. The maximum Gasteiger partial charge on any atom is 0.363 e. The Morgan fingerprint density at radius 3 is 2.94 bits per heavy atom. The number of hydrogen-bond acceptors (Lipinski definition) is 7. The number of pyridine rings is 1. The van der Waals surface area contributed by atoms with Crippen molar-refractivity contribution in [2.24, 2.45) is 0 Å². The van der Waals surface area contributed by atoms with Gasteiger partial charge in [-0.15, -0.1) is 10.2 Å². The van der Waals surface area contributed by atoms with Gasteiger partial charge in [-0.05, 0) is 16.0 Å². The molecule has 0 aliphatic rings. The van der Waals surface area contributed by atoms with Crippen molar-refractivity contribution in [2.45, 2.75) is 6.54 Å². The highest BCUT2D eigenvalue weighted by atomic mass is 16.6. The molecule has 0 atom stereocenters. The lowest BCUT2D eigenvalue weighted by Crippen LogP contribution is -2.02. The van der Waals surface area contributed by atoms with Crippen LogP contribution in [0.4, 0.5) is 11.5 Å². The zero-order valence-corrected chi connectivity index (χ0v) is 7.99. The second kappa shape index (κ2) is 4.29. The highest BCUT2D eigenvalue weighted by Gasteiger charge is 2.06. The number of anilines is 1. The SMILES string of the molecule is O=[N+]([O-])c1ccc(NCc2nn[nH]n2)cn1. The van der Waals surface area contributed by atoms with Crippen LogP contribution in [0.5, 0.6) is 0 Å². The minimum absolute atomic E-state index is 0.190. The zero-order chi connectivity index (χ0) is 11.4. The van der Waals surface area contributed by atoms with Crippen molar-refractivity contribution in [3.8, 4) is 0 Å². The van der Waals surface area contributed by atoms with Gasteiger partial charge >= 0.3 is 5.82 Å². The zero-order valence-electron chi connectivity index (χ0n) is 7.99. The summed E-state index contributed by atoms with van der Waals surface area (Å²) in [5, 5.41) is 26.5. The van der Waals surface area contributed by atoms with Crippen molar-refractivity contribution >= 4 is 11.5 Å². The number of nitro groups is 1. The molecule has 0 fully saturated rings. The van der Waals surface area contributed by atoms with Gasteiger partial charge in [-0.2, -0.15) is 5.21 Å². The molecule has 16 heavy (non-hydrogen) atoms. The summed E-state index contributed by atoms with van der Waals surface area (Å²) in [7, 11) is 0. The summed E-state index contributed by atoms with van der Waals surface area (Å²) in [6.45, 7) is 0.371. The van der Waals surface area contributed by atoms with Crippen LogP contribution in [0.2, 0.25) is 0 Å². The van der Waals surface area contributed by atoms with Crippen LogP contribution in [-0.4, -0.2) is 30.5 Å². The van der Waals surface area contributed by atoms with Crippen LogP contribution in [0.3, 0.4) is 0 Å². The number of aromatic amines is 1. The van der Waals surface area contributed by atoms with Crippen LogP contribution < -0.4 is 5.32 Å². The molecule has 2 rings (SSSR count). The number of H-pyrrole nitrogens is 1. The van der Waals surface area contributed by atoms with E-state index in [4.69, 9.17) is 0 Å². The maximum absolute atomic E-state index is 10.3. The Hall–Kier alpha value is -2.58. The molecule has 2 aromatic heterocycles. The third-order valence-corrected chi connectivity index (χ3v) is 1.77. The van der Waals surface area contributed by atoms with Crippen molar-refractivity contribution in [2.75, 3.05) is 5.32 Å². The van der Waals surface area contributed by atoms with Crippen LogP contribution >= 0.6 is 0 Å². The molecule has 9 heteroatoms. The molecule has 9 nitrogen and oxygen atoms in total. The molecular weight excluding hydrogens is 214 g/mol. The van der Waals surface area contributed by atoms with Crippen molar-refractivity contribution in [1.82, 2.24) is 25.6 Å². The molecule has 0 saturated carbocycles. The molecule has 0 saturated heterocycles. The molecule has 0 spiro atoms. The predicted molar refractivity (Wildman–Crippen MR) is 52.4 cm³/mol. The standard InChI is InChI=1S/C7H7N7O2/c15-14(16)7-2-1-5(3-9-7)8-4-6-10-12-13-11-6/h1-3,8H,4H2,(H,10,11,12,13). The van der Waals surface area contributed by atoms with E-state index in [0.717, 1.165) is 0 Å². The van der Waals surface area contributed by atoms with Gasteiger partial charge in [-0.25, -0.2) is 0 Å². The van der Waals surface area contributed by atoms with Gasteiger partial charge < -0.3 is 15.4 Å². The monoisotopic (exact) mass is 221 g/mol. The first-order valence-corrected chi connectivity index (χ1v) is 4.32. The minimum Gasteiger partial charge on any atom is -0.375 e. The molecule has 2 heterocycles. The van der Waals surface area contributed by atoms with Crippen molar-refractivity contribution < 1.29 is 4.92 Å². The van der Waals surface area contributed by atoms with Gasteiger partial charge in [0.25, 0.3) is 0 Å². The van der Waals surface area contributed by atoms with Crippen LogP contribution in [0.15, 0.2) is 18.3 Å². The molecule has 82 valence electrons. The van der Waals surface area contributed by atoms with E-state index in [1.54, 1.807) is 6.07 Å². The lowest BCUT2D eigenvalue weighted by Gasteiger charge is -1.99. The first-order chi connectivity index (χ1) is 7.75. The molecule has 0 amide bonds. The van der Waals surface area contributed by atoms with Crippen molar-refractivity contribution in [3.63, 3.8) is 0 Å². The van der Waals surface area contributed by atoms with E-state index < -0.39 is 4.92 Å². The summed E-state index contributed by atoms with van der Waals surface area (Å²) in [5.74, 6) is 0.309. The Labute approximate surface area is 89.0 Å². The van der Waals surface area contributed by atoms with Gasteiger partial charge in [-0.1, -0.05) is 5.21 Å². The number of hydrogen-bond donors (Lipinski definition) is 2. The number of aromatic nitrogens is 5. The van der Waals surface area contributed by atoms with Gasteiger partial charge in [0.15, 0.2) is 12.0 Å². The molecule has 0 aliphatic heterocycles. The summed E-state index contributed by atoms with van der Waals surface area (Å²) in [4.78, 5) is 13.4. The van der Waals surface area contributed by atoms with Gasteiger partial charge in [0.05, 0.1) is 12.2 Å². The molecular formula is C7H7N7O2. The Morgan fingerprint density at radius 2 is 2.38 bits per heavy atom. The first kappa shape index (κ1) is 9.96. The number of nitrogens with one attached hydrogen (secondary N) is 2. The number of tetrazole rings is 1. The summed E-state index contributed by atoms with van der Waals surface area (Å²) in [6.07, 6.45) is 1.37. The number of nitrogens with zero attached hydrogens (tertiary/aromatic N) is 5. The average molecular weight is 221 g/mol. The normalized spacial score (nSPS) is 10.0. The van der Waals surface area contributed by atoms with E-state index in [9.17, 15) is 10.1 Å². The topological polar surface area (TPSA) is 123 Å². The predicted octanol–water partition coefficient (Wildman–Crippen LogP) is 0.115. The fraction of sp³-hybridized carbons (Fsp3) is 0.143. The lowest BCUT2D eigenvalue weighted by atomic mass is 10.4.